The zero-order valence-electron chi connectivity index (χ0n) is 36.0. The van der Waals surface area contributed by atoms with E-state index >= 15 is 0 Å². The quantitative estimate of drug-likeness (QED) is 0.127. The van der Waals surface area contributed by atoms with Crippen LogP contribution in [-0.2, 0) is 48.6 Å². The molecule has 2 aromatic rings. The summed E-state index contributed by atoms with van der Waals surface area (Å²) in [6.45, 7) is 8.56. The molecule has 1 aromatic heterocycles. The van der Waals surface area contributed by atoms with E-state index in [0.717, 1.165) is 19.3 Å². The maximum atomic E-state index is 14.5. The predicted molar refractivity (Wildman–Crippen MR) is 222 cm³/mol. The molecule has 0 aliphatic heterocycles. The summed E-state index contributed by atoms with van der Waals surface area (Å²) in [6.07, 6.45) is 7.14. The number of sulfone groups is 1. The van der Waals surface area contributed by atoms with Crippen LogP contribution in [0.15, 0.2) is 52.6 Å². The maximum absolute atomic E-state index is 14.5. The molecule has 1 aromatic carbocycles. The van der Waals surface area contributed by atoms with E-state index in [1.807, 2.05) is 0 Å². The molecular formula is C40H55F3N8O11S2. The number of carbonyl (C=O) groups excluding carboxylic acids is 7. The smallest absolute Gasteiger partial charge is 0.342 e. The number of aromatic nitrogens is 2. The molecule has 64 heavy (non-hydrogen) atoms. The van der Waals surface area contributed by atoms with Crippen LogP contribution in [0, 0.1) is 17.8 Å². The van der Waals surface area contributed by atoms with E-state index in [1.54, 1.807) is 34.6 Å². The van der Waals surface area contributed by atoms with Crippen LogP contribution in [0.4, 0.5) is 13.2 Å². The minimum Gasteiger partial charge on any atom is -0.342 e. The summed E-state index contributed by atoms with van der Waals surface area (Å²) in [5.74, 6) is -10.2. The van der Waals surface area contributed by atoms with Crippen molar-refractivity contribution >= 4 is 61.2 Å². The van der Waals surface area contributed by atoms with Crippen LogP contribution >= 0.6 is 0 Å². The maximum Gasteiger partial charge on any atom is 0.501 e. The molecule has 7 amide bonds. The van der Waals surface area contributed by atoms with Crippen LogP contribution in [0.1, 0.15) is 109 Å². The molecule has 24 heteroatoms. The number of halogens is 3. The van der Waals surface area contributed by atoms with Gasteiger partial charge < -0.3 is 21.7 Å². The van der Waals surface area contributed by atoms with E-state index in [4.69, 9.17) is 5.73 Å². The number of amides is 7. The highest BCUT2D eigenvalue weighted by molar-refractivity contribution is 7.92. The van der Waals surface area contributed by atoms with Crippen molar-refractivity contribution in [2.45, 2.75) is 138 Å². The van der Waals surface area contributed by atoms with Gasteiger partial charge >= 0.3 is 17.3 Å². The fourth-order valence-electron chi connectivity index (χ4n) is 6.76. The van der Waals surface area contributed by atoms with Crippen LogP contribution in [0.25, 0.3) is 0 Å². The Balaban J connectivity index is 2.00. The van der Waals surface area contributed by atoms with E-state index in [2.05, 4.69) is 25.9 Å². The van der Waals surface area contributed by atoms with Crippen molar-refractivity contribution in [1.82, 2.24) is 35.5 Å². The average molecular weight is 945 g/mol. The van der Waals surface area contributed by atoms with Gasteiger partial charge in [0.2, 0.25) is 17.7 Å². The monoisotopic (exact) mass is 944 g/mol. The van der Waals surface area contributed by atoms with Crippen LogP contribution in [-0.4, -0.2) is 103 Å². The van der Waals surface area contributed by atoms with Gasteiger partial charge in [0, 0.05) is 24.9 Å². The minimum absolute atomic E-state index is 0.0692. The Morgan fingerprint density at radius 2 is 1.44 bits per heavy atom. The highest BCUT2D eigenvalue weighted by Gasteiger charge is 2.47. The third-order valence-electron chi connectivity index (χ3n) is 10.6. The average Bonchev–Trinajstić information content (AvgIpc) is 3.24. The Hall–Kier alpha value is -5.36. The van der Waals surface area contributed by atoms with Crippen molar-refractivity contribution in [1.29, 1.82) is 0 Å². The number of sulfonamides is 1. The van der Waals surface area contributed by atoms with E-state index in [9.17, 15) is 63.6 Å². The predicted octanol–water partition coefficient (Wildman–Crippen LogP) is 2.42. The Morgan fingerprint density at radius 3 is 1.97 bits per heavy atom. The third kappa shape index (κ3) is 14.3. The molecule has 3 rings (SSSR count). The lowest BCUT2D eigenvalue weighted by Gasteiger charge is -2.32. The van der Waals surface area contributed by atoms with Gasteiger partial charge in [0.15, 0.2) is 0 Å². The van der Waals surface area contributed by atoms with Crippen molar-refractivity contribution in [2.75, 3.05) is 0 Å². The van der Waals surface area contributed by atoms with E-state index in [1.165, 1.54) is 23.3 Å². The van der Waals surface area contributed by atoms with Gasteiger partial charge in [0.05, 0.1) is 16.0 Å². The van der Waals surface area contributed by atoms with Crippen molar-refractivity contribution in [3.05, 3.63) is 48.5 Å². The standard InChI is InChI=1S/C40H55F3N8O11S2/c1-6-24(5)33(49-34(53)29(19-23(3)4)47-35(54)31-22-45-17-18-46-31)36(55)48-30(20-25-11-9-8-10-12-25)38(57)51(32(52)21-26(44)7-2)39(58)37(56)50-64(61,62)28-15-13-27(14-16-28)63(59,60)40(41,42)43/h13-18,22-26,29-30,33H,6-12,19-21,44H2,1-5H3,(H,47,54)(H,48,55)(H,49,53)(H,50,56)/t24-,26?,29-,30-,33-/m0/s1. The van der Waals surface area contributed by atoms with Crippen LogP contribution in [0.2, 0.25) is 0 Å². The number of benzene rings is 1. The first-order valence-electron chi connectivity index (χ1n) is 20.7. The van der Waals surface area contributed by atoms with Crippen LogP contribution in [0.5, 0.6) is 0 Å². The van der Waals surface area contributed by atoms with Crippen molar-refractivity contribution in [3.63, 3.8) is 0 Å². The van der Waals surface area contributed by atoms with Crippen molar-refractivity contribution < 1.29 is 63.6 Å². The number of hydrogen-bond donors (Lipinski definition) is 5. The first kappa shape index (κ1) is 53.0. The second-order valence-electron chi connectivity index (χ2n) is 16.0. The molecule has 0 saturated heterocycles. The van der Waals surface area contributed by atoms with Crippen molar-refractivity contribution in [3.8, 4) is 0 Å². The van der Waals surface area contributed by atoms with Gasteiger partial charge in [0.1, 0.15) is 23.8 Å². The van der Waals surface area contributed by atoms with E-state index in [-0.39, 0.29) is 41.7 Å². The molecule has 0 radical (unpaired) electrons. The molecule has 5 atom stereocenters. The Labute approximate surface area is 369 Å². The lowest BCUT2D eigenvalue weighted by molar-refractivity contribution is -0.160. The second-order valence-corrected chi connectivity index (χ2v) is 19.6. The number of nitrogens with zero attached hydrogens (tertiary/aromatic N) is 3. The fourth-order valence-corrected chi connectivity index (χ4v) is 8.46. The van der Waals surface area contributed by atoms with Crippen LogP contribution < -0.4 is 26.4 Å². The fraction of sp³-hybridized carbons (Fsp3) is 0.575. The summed E-state index contributed by atoms with van der Waals surface area (Å²) in [4.78, 5) is 102. The third-order valence-corrected chi connectivity index (χ3v) is 13.5. The lowest BCUT2D eigenvalue weighted by atomic mass is 9.84. The number of imide groups is 3. The van der Waals surface area contributed by atoms with Crippen molar-refractivity contribution in [2.24, 2.45) is 23.5 Å². The highest BCUT2D eigenvalue weighted by atomic mass is 32.2. The number of carbonyl (C=O) groups is 7. The SMILES string of the molecule is CCC(N)CC(=O)N(C(=O)C(=O)NS(=O)(=O)c1ccc(S(=O)(=O)C(F)(F)F)cc1)C(=O)[C@H](CC1CCCCC1)NC(=O)[C@@H](NC(=O)[C@H](CC(C)C)NC(=O)c1cnccn1)[C@@H](C)CC. The Bertz CT molecular complexity index is 2220. The van der Waals surface area contributed by atoms with Gasteiger partial charge in [-0.1, -0.05) is 73.1 Å². The van der Waals surface area contributed by atoms with Gasteiger partial charge in [-0.3, -0.25) is 38.5 Å². The zero-order chi connectivity index (χ0) is 48.2. The molecule has 0 spiro atoms. The molecule has 1 unspecified atom stereocenters. The topological polar surface area (TPSA) is 291 Å². The number of nitrogens with two attached hydrogens (primary N) is 1. The molecule has 354 valence electrons. The molecule has 0 bridgehead atoms. The Kier molecular flexibility index (Phi) is 19.1. The van der Waals surface area contributed by atoms with Gasteiger partial charge in [-0.05, 0) is 61.3 Å². The first-order chi connectivity index (χ1) is 29.8. The van der Waals surface area contributed by atoms with E-state index < -0.39 is 113 Å². The summed E-state index contributed by atoms with van der Waals surface area (Å²) in [5, 5.41) is 7.84. The van der Waals surface area contributed by atoms with Gasteiger partial charge in [0.25, 0.3) is 31.7 Å². The molecule has 1 saturated carbocycles. The van der Waals surface area contributed by atoms with Crippen LogP contribution in [0.3, 0.4) is 0 Å². The molecule has 19 nitrogen and oxygen atoms in total. The highest BCUT2D eigenvalue weighted by Crippen LogP contribution is 2.31. The summed E-state index contributed by atoms with van der Waals surface area (Å²) in [6, 6.07) is -3.73. The summed E-state index contributed by atoms with van der Waals surface area (Å²) >= 11 is 0. The normalized spacial score (nSPS) is 16.0. The number of nitrogens with one attached hydrogen (secondary N) is 4. The summed E-state index contributed by atoms with van der Waals surface area (Å²) < 4.78 is 90.3. The van der Waals surface area contributed by atoms with E-state index in [0.29, 0.717) is 43.5 Å². The zero-order valence-corrected chi connectivity index (χ0v) is 37.6. The molecule has 1 aliphatic rings. The molecule has 1 aliphatic carbocycles. The largest absolute Gasteiger partial charge is 0.501 e. The lowest BCUT2D eigenvalue weighted by Crippen LogP contribution is -2.61. The summed E-state index contributed by atoms with van der Waals surface area (Å²) in [7, 11) is -11.0. The Morgan fingerprint density at radius 1 is 0.828 bits per heavy atom. The van der Waals surface area contributed by atoms with Gasteiger partial charge in [-0.25, -0.2) is 31.4 Å². The first-order valence-corrected chi connectivity index (χ1v) is 23.6. The molecule has 1 fully saturated rings. The number of rotatable bonds is 19. The molecular weight excluding hydrogens is 890 g/mol. The van der Waals surface area contributed by atoms with Gasteiger partial charge in [-0.2, -0.15) is 13.2 Å². The number of alkyl halides is 3. The molecule has 1 heterocycles. The molecule has 6 N–H and O–H groups in total. The minimum atomic E-state index is -5.88. The second kappa shape index (κ2) is 23.0. The summed E-state index contributed by atoms with van der Waals surface area (Å²) in [5.41, 5.74) is 0.183. The number of hydrogen-bond acceptors (Lipinski definition) is 14. The van der Waals surface area contributed by atoms with Gasteiger partial charge in [-0.15, -0.1) is 0 Å².